The second kappa shape index (κ2) is 9.64. The van der Waals surface area contributed by atoms with Crippen molar-refractivity contribution in [3.8, 4) is 0 Å². The van der Waals surface area contributed by atoms with Crippen LogP contribution in [0.1, 0.15) is 16.5 Å². The van der Waals surface area contributed by atoms with Crippen LogP contribution in [-0.2, 0) is 0 Å². The standard InChI is InChI=1S/C15H6N8O14S/c24-17(25)6-1-8(19(28)29)13(9(2-6)20(30)31)12-5-16(23(36)37)15(38-12)14-10(21(32)33)3-7(18(26)27)4-11(14)22(34)35/h1-5,15H. The third kappa shape index (κ3) is 4.65. The Hall–Kier alpha value is -5.87. The van der Waals surface area contributed by atoms with Crippen molar-refractivity contribution in [2.24, 2.45) is 0 Å². The van der Waals surface area contributed by atoms with Crippen molar-refractivity contribution < 1.29 is 34.6 Å². The van der Waals surface area contributed by atoms with Crippen LogP contribution in [-0.4, -0.2) is 39.6 Å². The van der Waals surface area contributed by atoms with Gasteiger partial charge in [0.25, 0.3) is 34.1 Å². The molecule has 0 amide bonds. The summed E-state index contributed by atoms with van der Waals surface area (Å²) in [7, 11) is 0. The fourth-order valence-electron chi connectivity index (χ4n) is 3.35. The van der Waals surface area contributed by atoms with Gasteiger partial charge in [-0.2, -0.15) is 0 Å². The Morgan fingerprint density at radius 3 is 1.26 bits per heavy atom. The van der Waals surface area contributed by atoms with Crippen LogP contribution < -0.4 is 0 Å². The largest absolute Gasteiger partial charge is 0.291 e. The molecule has 1 aliphatic rings. The molecule has 38 heavy (non-hydrogen) atoms. The molecule has 1 aliphatic heterocycles. The molecule has 0 saturated heterocycles. The Kier molecular flexibility index (Phi) is 6.78. The van der Waals surface area contributed by atoms with Gasteiger partial charge in [0.2, 0.25) is 0 Å². The van der Waals surface area contributed by atoms with Crippen molar-refractivity contribution in [1.29, 1.82) is 0 Å². The van der Waals surface area contributed by atoms with Gasteiger partial charge in [-0.3, -0.25) is 60.7 Å². The summed E-state index contributed by atoms with van der Waals surface area (Å²) in [6.07, 6.45) is 0.450. The maximum Gasteiger partial charge on any atom is 0.291 e. The maximum absolute atomic E-state index is 11.7. The summed E-state index contributed by atoms with van der Waals surface area (Å²) in [6.45, 7) is 0. The number of rotatable bonds is 9. The average molecular weight is 554 g/mol. The Morgan fingerprint density at radius 1 is 0.579 bits per heavy atom. The number of hydrazine groups is 1. The van der Waals surface area contributed by atoms with E-state index in [2.05, 4.69) is 0 Å². The molecular weight excluding hydrogens is 548 g/mol. The number of nitro benzene ring substituents is 6. The molecule has 0 saturated carbocycles. The third-order valence-corrected chi connectivity index (χ3v) is 6.06. The number of hydrogen-bond acceptors (Lipinski definition) is 15. The molecule has 0 aromatic heterocycles. The summed E-state index contributed by atoms with van der Waals surface area (Å²) in [5, 5.41) is 77.2. The Bertz CT molecular complexity index is 1450. The number of nitro groups is 7. The summed E-state index contributed by atoms with van der Waals surface area (Å²) in [5.74, 6) is 0. The first-order chi connectivity index (χ1) is 17.6. The van der Waals surface area contributed by atoms with Gasteiger partial charge in [0, 0.05) is 0 Å². The summed E-state index contributed by atoms with van der Waals surface area (Å²) in [6, 6.07) is 1.28. The molecule has 1 heterocycles. The number of non-ortho nitro benzene ring substituents is 2. The third-order valence-electron chi connectivity index (χ3n) is 4.82. The predicted octanol–water partition coefficient (Wildman–Crippen LogP) is 3.37. The maximum atomic E-state index is 11.7. The van der Waals surface area contributed by atoms with Gasteiger partial charge < -0.3 is 0 Å². The van der Waals surface area contributed by atoms with E-state index in [1.54, 1.807) is 0 Å². The molecule has 0 bridgehead atoms. The van der Waals surface area contributed by atoms with Crippen LogP contribution in [0.5, 0.6) is 0 Å². The van der Waals surface area contributed by atoms with E-state index >= 15 is 0 Å². The van der Waals surface area contributed by atoms with E-state index in [-0.39, 0.29) is 16.8 Å². The topological polar surface area (TPSA) is 305 Å². The van der Waals surface area contributed by atoms with Gasteiger partial charge in [0.1, 0.15) is 11.1 Å². The van der Waals surface area contributed by atoms with Crippen molar-refractivity contribution in [2.45, 2.75) is 5.37 Å². The van der Waals surface area contributed by atoms with Gasteiger partial charge in [-0.1, -0.05) is 16.8 Å². The molecule has 2 aromatic carbocycles. The van der Waals surface area contributed by atoms with E-state index in [0.717, 1.165) is 0 Å². The zero-order valence-corrected chi connectivity index (χ0v) is 18.5. The van der Waals surface area contributed by atoms with Gasteiger partial charge in [-0.05, 0) is 0 Å². The summed E-state index contributed by atoms with van der Waals surface area (Å²) in [5.41, 5.74) is -9.22. The molecule has 1 unspecified atom stereocenters. The van der Waals surface area contributed by atoms with E-state index in [1.165, 1.54) is 0 Å². The molecule has 23 heteroatoms. The highest BCUT2D eigenvalue weighted by atomic mass is 32.2. The highest BCUT2D eigenvalue weighted by molar-refractivity contribution is 8.08. The molecule has 22 nitrogen and oxygen atoms in total. The second-order valence-corrected chi connectivity index (χ2v) is 8.00. The molecule has 196 valence electrons. The van der Waals surface area contributed by atoms with Crippen LogP contribution in [0.25, 0.3) is 4.91 Å². The molecular formula is C15H6N8O14S. The van der Waals surface area contributed by atoms with Crippen molar-refractivity contribution in [2.75, 3.05) is 0 Å². The van der Waals surface area contributed by atoms with Crippen LogP contribution in [0.3, 0.4) is 0 Å². The van der Waals surface area contributed by atoms with E-state index < -0.39 is 90.1 Å². The summed E-state index contributed by atoms with van der Waals surface area (Å²) < 4.78 is 0. The van der Waals surface area contributed by atoms with Crippen LogP contribution in [0.4, 0.5) is 34.1 Å². The van der Waals surface area contributed by atoms with E-state index in [0.29, 0.717) is 30.5 Å². The number of hydrogen-bond donors (Lipinski definition) is 0. The van der Waals surface area contributed by atoms with E-state index in [1.807, 2.05) is 0 Å². The molecule has 0 fully saturated rings. The lowest BCUT2D eigenvalue weighted by atomic mass is 10.1. The number of benzene rings is 2. The Morgan fingerprint density at radius 2 is 0.947 bits per heavy atom. The van der Waals surface area contributed by atoms with Crippen LogP contribution >= 0.6 is 11.8 Å². The average Bonchev–Trinajstić information content (AvgIpc) is 3.27. The summed E-state index contributed by atoms with van der Waals surface area (Å²) >= 11 is 0.0960. The number of thioether (sulfide) groups is 1. The van der Waals surface area contributed by atoms with Gasteiger partial charge in [0.15, 0.2) is 10.4 Å². The fourth-order valence-corrected chi connectivity index (χ4v) is 4.69. The van der Waals surface area contributed by atoms with Crippen molar-refractivity contribution >= 4 is 50.8 Å². The zero-order chi connectivity index (χ0) is 28.6. The van der Waals surface area contributed by atoms with E-state index in [9.17, 15) is 70.8 Å². The SMILES string of the molecule is O=[N+]([O-])c1cc([N+](=O)[O-])c(C2=CN([N+](=O)[O-])C(c3c([N+](=O)[O-])cc([N+](=O)[O-])cc3[N+](=O)[O-])S2)c([N+](=O)[O-])c1. The molecule has 3 rings (SSSR count). The molecule has 0 N–H and O–H groups in total. The van der Waals surface area contributed by atoms with Crippen LogP contribution in [0.15, 0.2) is 30.5 Å². The van der Waals surface area contributed by atoms with Crippen LogP contribution in [0, 0.1) is 70.8 Å². The number of nitrogens with zero attached hydrogens (tertiary/aromatic N) is 8. The van der Waals surface area contributed by atoms with Gasteiger partial charge in [0.05, 0.1) is 64.9 Å². The van der Waals surface area contributed by atoms with Crippen LogP contribution in [0.2, 0.25) is 0 Å². The van der Waals surface area contributed by atoms with Crippen molar-refractivity contribution in [3.63, 3.8) is 0 Å². The first-order valence-corrected chi connectivity index (χ1v) is 10.1. The minimum atomic E-state index is -2.09. The van der Waals surface area contributed by atoms with Crippen molar-refractivity contribution in [1.82, 2.24) is 5.01 Å². The lowest BCUT2D eigenvalue weighted by Crippen LogP contribution is -2.25. The smallest absolute Gasteiger partial charge is 0.258 e. The van der Waals surface area contributed by atoms with Gasteiger partial charge in [-0.15, -0.1) is 0 Å². The zero-order valence-electron chi connectivity index (χ0n) is 17.7. The monoisotopic (exact) mass is 554 g/mol. The lowest BCUT2D eigenvalue weighted by molar-refractivity contribution is -0.643. The van der Waals surface area contributed by atoms with Crippen molar-refractivity contribution in [3.05, 3.63) is 112 Å². The minimum absolute atomic E-state index is 0.00995. The lowest BCUT2D eigenvalue weighted by Gasteiger charge is -2.15. The van der Waals surface area contributed by atoms with Gasteiger partial charge in [-0.25, -0.2) is 10.1 Å². The quantitative estimate of drug-likeness (QED) is 0.316. The van der Waals surface area contributed by atoms with Gasteiger partial charge >= 0.3 is 0 Å². The predicted molar refractivity (Wildman–Crippen MR) is 120 cm³/mol. The first-order valence-electron chi connectivity index (χ1n) is 9.19. The molecule has 0 spiro atoms. The Balaban J connectivity index is 2.35. The second-order valence-electron chi connectivity index (χ2n) is 6.88. The van der Waals surface area contributed by atoms with E-state index in [4.69, 9.17) is 0 Å². The molecule has 0 aliphatic carbocycles. The molecule has 1 atom stereocenters. The first kappa shape index (κ1) is 26.7. The normalized spacial score (nSPS) is 14.5. The molecule has 2 aromatic rings. The highest BCUT2D eigenvalue weighted by Crippen LogP contribution is 2.56. The summed E-state index contributed by atoms with van der Waals surface area (Å²) in [4.78, 5) is 72.4. The minimum Gasteiger partial charge on any atom is -0.258 e. The molecule has 0 radical (unpaired) electrons. The fraction of sp³-hybridized carbons (Fsp3) is 0.0667. The Labute approximate surface area is 208 Å². The highest BCUT2D eigenvalue weighted by Gasteiger charge is 2.47.